The van der Waals surface area contributed by atoms with Crippen LogP contribution in [0.2, 0.25) is 0 Å². The van der Waals surface area contributed by atoms with Crippen molar-refractivity contribution in [3.63, 3.8) is 0 Å². The molecule has 6 unspecified atom stereocenters. The number of hydrogen-bond acceptors (Lipinski definition) is 7. The van der Waals surface area contributed by atoms with Crippen LogP contribution in [0, 0.1) is 35.5 Å². The predicted octanol–water partition coefficient (Wildman–Crippen LogP) is -0.413. The van der Waals surface area contributed by atoms with Crippen LogP contribution >= 0.6 is 0 Å². The Bertz CT molecular complexity index is 826. The quantitative estimate of drug-likeness (QED) is 0.400. The van der Waals surface area contributed by atoms with E-state index in [0.717, 1.165) is 45.2 Å². The minimum Gasteiger partial charge on any atom is -0.369 e. The Hall–Kier alpha value is -1.70. The van der Waals surface area contributed by atoms with E-state index in [4.69, 9.17) is 17.0 Å². The second-order valence-electron chi connectivity index (χ2n) is 10.9. The maximum Gasteiger partial charge on any atom is 0.240 e. The van der Waals surface area contributed by atoms with E-state index in [1.54, 1.807) is 0 Å². The van der Waals surface area contributed by atoms with Gasteiger partial charge in [-0.25, -0.2) is 5.01 Å². The molecule has 4 aliphatic heterocycles. The lowest BCUT2D eigenvalue weighted by Gasteiger charge is -2.38. The summed E-state index contributed by atoms with van der Waals surface area (Å²) in [7, 11) is 0. The Morgan fingerprint density at radius 2 is 2.06 bits per heavy atom. The lowest BCUT2D eigenvalue weighted by atomic mass is 9.85. The molecule has 1 saturated carbocycles. The van der Waals surface area contributed by atoms with Crippen LogP contribution in [0.3, 0.4) is 0 Å². The zero-order valence-electron chi connectivity index (χ0n) is 19.8. The van der Waals surface area contributed by atoms with E-state index in [9.17, 15) is 9.59 Å². The molecule has 0 spiro atoms. The SMILES string of the molecule is C#CC1(C(=O)N2C[C@@H](CC)[C@@H](NC3C(C4CC(C)NO4)CN4NCC(C(N)=O)CC34)C2)CC1. The first-order valence-electron chi connectivity index (χ1n) is 12.6. The van der Waals surface area contributed by atoms with Crippen molar-refractivity contribution < 1.29 is 14.4 Å². The van der Waals surface area contributed by atoms with Gasteiger partial charge in [-0.05, 0) is 38.5 Å². The average molecular weight is 459 g/mol. The van der Waals surface area contributed by atoms with E-state index >= 15 is 0 Å². The maximum absolute atomic E-state index is 13.1. The number of carbonyl (C=O) groups excluding carboxylic acids is 2. The van der Waals surface area contributed by atoms with E-state index in [0.29, 0.717) is 25.0 Å². The summed E-state index contributed by atoms with van der Waals surface area (Å²) in [5, 5.41) is 6.25. The molecule has 5 fully saturated rings. The molecule has 5 rings (SSSR count). The molecule has 5 aliphatic rings. The molecule has 33 heavy (non-hydrogen) atoms. The van der Waals surface area contributed by atoms with Gasteiger partial charge < -0.3 is 16.0 Å². The number of rotatable bonds is 6. The summed E-state index contributed by atoms with van der Waals surface area (Å²) in [6.45, 7) is 7.21. The number of amides is 2. The third-order valence-corrected chi connectivity index (χ3v) is 8.73. The molecule has 4 saturated heterocycles. The third-order valence-electron chi connectivity index (χ3n) is 8.73. The molecule has 2 amide bonds. The van der Waals surface area contributed by atoms with Gasteiger partial charge in [0, 0.05) is 56.3 Å². The molecule has 9 heteroatoms. The Morgan fingerprint density at radius 3 is 2.67 bits per heavy atom. The minimum absolute atomic E-state index is 0.104. The second-order valence-corrected chi connectivity index (χ2v) is 10.9. The highest BCUT2D eigenvalue weighted by molar-refractivity contribution is 5.89. The molecule has 8 atom stereocenters. The summed E-state index contributed by atoms with van der Waals surface area (Å²) < 4.78 is 0. The van der Waals surface area contributed by atoms with Gasteiger partial charge in [-0.15, -0.1) is 6.42 Å². The van der Waals surface area contributed by atoms with E-state index in [1.807, 2.05) is 4.90 Å². The molecule has 9 nitrogen and oxygen atoms in total. The molecule has 0 aromatic rings. The van der Waals surface area contributed by atoms with Crippen LogP contribution in [-0.2, 0) is 14.4 Å². The van der Waals surface area contributed by atoms with Gasteiger partial charge in [-0.3, -0.25) is 19.9 Å². The number of fused-ring (bicyclic) bond motifs is 1. The summed E-state index contributed by atoms with van der Waals surface area (Å²) in [5.74, 6) is 3.11. The lowest BCUT2D eigenvalue weighted by molar-refractivity contribution is -0.134. The fourth-order valence-corrected chi connectivity index (χ4v) is 6.46. The molecule has 0 bridgehead atoms. The van der Waals surface area contributed by atoms with Crippen molar-refractivity contribution in [2.45, 2.75) is 76.2 Å². The molecule has 0 aromatic heterocycles. The van der Waals surface area contributed by atoms with Crippen LogP contribution in [0.5, 0.6) is 0 Å². The summed E-state index contributed by atoms with van der Waals surface area (Å²) in [6, 6.07) is 0.818. The zero-order chi connectivity index (χ0) is 23.3. The summed E-state index contributed by atoms with van der Waals surface area (Å²) in [5.41, 5.74) is 11.7. The van der Waals surface area contributed by atoms with Crippen molar-refractivity contribution in [3.8, 4) is 12.3 Å². The summed E-state index contributed by atoms with van der Waals surface area (Å²) in [6.07, 6.45) is 10.1. The molecule has 1 aliphatic carbocycles. The molecular formula is C24H38N6O3. The largest absolute Gasteiger partial charge is 0.369 e. The predicted molar refractivity (Wildman–Crippen MR) is 123 cm³/mol. The van der Waals surface area contributed by atoms with Gasteiger partial charge in [0.05, 0.1) is 12.0 Å². The number of terminal acetylenes is 1. The van der Waals surface area contributed by atoms with Crippen LogP contribution in [0.15, 0.2) is 0 Å². The molecule has 182 valence electrons. The van der Waals surface area contributed by atoms with E-state index < -0.39 is 5.41 Å². The standard InChI is InChI=1S/C24H38N6O3/c1-4-15-11-29(23(32)24(5-2)6-7-24)13-18(15)27-21-17(20-8-14(3)28-33-20)12-30-19(21)9-16(10-26-30)22(25)31/h2,14-21,26-28H,4,6-13H2,1,3H3,(H2,25,31)/t14?,15-,16?,17?,18+,19?,20?,21?/m1/s1. The first-order chi connectivity index (χ1) is 15.8. The van der Waals surface area contributed by atoms with Gasteiger partial charge in [0.15, 0.2) is 0 Å². The number of nitrogens with zero attached hydrogens (tertiary/aromatic N) is 2. The van der Waals surface area contributed by atoms with Gasteiger partial charge in [0.2, 0.25) is 11.8 Å². The monoisotopic (exact) mass is 458 g/mol. The van der Waals surface area contributed by atoms with Crippen LogP contribution in [0.4, 0.5) is 0 Å². The molecule has 0 radical (unpaired) electrons. The Morgan fingerprint density at radius 1 is 1.27 bits per heavy atom. The highest BCUT2D eigenvalue weighted by atomic mass is 16.7. The lowest BCUT2D eigenvalue weighted by Crippen LogP contribution is -2.59. The first kappa shape index (κ1) is 23.1. The number of hydroxylamine groups is 1. The van der Waals surface area contributed by atoms with Crippen LogP contribution in [0.25, 0.3) is 0 Å². The van der Waals surface area contributed by atoms with Crippen LogP contribution in [0.1, 0.15) is 46.0 Å². The van der Waals surface area contributed by atoms with Crippen LogP contribution in [-0.4, -0.2) is 78.2 Å². The van der Waals surface area contributed by atoms with Crippen molar-refractivity contribution in [2.75, 3.05) is 26.2 Å². The third kappa shape index (κ3) is 4.17. The van der Waals surface area contributed by atoms with Crippen molar-refractivity contribution >= 4 is 11.8 Å². The minimum atomic E-state index is -0.554. The van der Waals surface area contributed by atoms with E-state index in [2.05, 4.69) is 41.0 Å². The number of nitrogens with two attached hydrogens (primary N) is 1. The van der Waals surface area contributed by atoms with Gasteiger partial charge in [0.1, 0.15) is 5.41 Å². The second kappa shape index (κ2) is 8.82. The molecular weight excluding hydrogens is 420 g/mol. The normalized spacial score (nSPS) is 42.2. The van der Waals surface area contributed by atoms with E-state index in [-0.39, 0.29) is 47.9 Å². The van der Waals surface area contributed by atoms with E-state index in [1.165, 1.54) is 0 Å². The summed E-state index contributed by atoms with van der Waals surface area (Å²) >= 11 is 0. The van der Waals surface area contributed by atoms with Gasteiger partial charge >= 0.3 is 0 Å². The Kier molecular flexibility index (Phi) is 6.17. The Balaban J connectivity index is 1.34. The van der Waals surface area contributed by atoms with Crippen molar-refractivity contribution in [1.29, 1.82) is 0 Å². The fraction of sp³-hybridized carbons (Fsp3) is 0.833. The molecule has 0 aromatic carbocycles. The highest BCUT2D eigenvalue weighted by Crippen LogP contribution is 2.47. The number of primary amides is 1. The highest BCUT2D eigenvalue weighted by Gasteiger charge is 2.54. The Labute approximate surface area is 196 Å². The zero-order valence-corrected chi connectivity index (χ0v) is 19.8. The average Bonchev–Trinajstić information content (AvgIpc) is 3.12. The number of likely N-dealkylation sites (tertiary alicyclic amines) is 1. The van der Waals surface area contributed by atoms with Crippen LogP contribution < -0.4 is 22.0 Å². The van der Waals surface area contributed by atoms with Crippen molar-refractivity contribution in [2.24, 2.45) is 28.9 Å². The number of hydrogen-bond donors (Lipinski definition) is 4. The summed E-state index contributed by atoms with van der Waals surface area (Å²) in [4.78, 5) is 33.1. The topological polar surface area (TPSA) is 112 Å². The fourth-order valence-electron chi connectivity index (χ4n) is 6.46. The van der Waals surface area contributed by atoms with Crippen molar-refractivity contribution in [1.82, 2.24) is 26.1 Å². The first-order valence-corrected chi connectivity index (χ1v) is 12.6. The van der Waals surface area contributed by atoms with Gasteiger partial charge in [0.25, 0.3) is 0 Å². The van der Waals surface area contributed by atoms with Crippen molar-refractivity contribution in [3.05, 3.63) is 0 Å². The molecule has 4 heterocycles. The smallest absolute Gasteiger partial charge is 0.240 e. The number of hydrazine groups is 1. The maximum atomic E-state index is 13.1. The number of nitrogens with one attached hydrogen (secondary N) is 3. The van der Waals surface area contributed by atoms with Gasteiger partial charge in [-0.1, -0.05) is 19.3 Å². The molecule has 5 N–H and O–H groups in total. The number of carbonyl (C=O) groups is 2. The van der Waals surface area contributed by atoms with Gasteiger partial charge in [-0.2, -0.15) is 5.48 Å².